The molecule has 2 saturated heterocycles. The van der Waals surface area contributed by atoms with E-state index in [2.05, 4.69) is 5.32 Å². The molecule has 0 aliphatic carbocycles. The number of benzene rings is 1. The zero-order valence-corrected chi connectivity index (χ0v) is 15.0. The molecule has 0 unspecified atom stereocenters. The number of sulfonamides is 1. The molecule has 1 N–H and O–H groups in total. The minimum Gasteiger partial charge on any atom is -0.495 e. The Hall–Kier alpha value is -1.51. The number of amides is 1. The third-order valence-electron chi connectivity index (χ3n) is 4.61. The highest BCUT2D eigenvalue weighted by atomic mass is 35.5. The molecule has 0 bridgehead atoms. The van der Waals surface area contributed by atoms with Gasteiger partial charge in [-0.05, 0) is 11.8 Å². The molecule has 1 aromatic carbocycles. The summed E-state index contributed by atoms with van der Waals surface area (Å²) in [6, 6.07) is 2.81. The SMILES string of the molecule is COc1cc(S(=O)(=O)N2C[C@H]3CC(=O)NC[C@H]3C2)c(OC)cc1Cl. The Labute approximate surface area is 145 Å². The van der Waals surface area contributed by atoms with Crippen molar-refractivity contribution in [1.82, 2.24) is 9.62 Å². The smallest absolute Gasteiger partial charge is 0.246 e. The van der Waals surface area contributed by atoms with Crippen molar-refractivity contribution < 1.29 is 22.7 Å². The van der Waals surface area contributed by atoms with Gasteiger partial charge >= 0.3 is 0 Å². The second-order valence-electron chi connectivity index (χ2n) is 5.99. The molecule has 0 spiro atoms. The van der Waals surface area contributed by atoms with Crippen molar-refractivity contribution in [2.75, 3.05) is 33.9 Å². The summed E-state index contributed by atoms with van der Waals surface area (Å²) in [6.07, 6.45) is 0.359. The quantitative estimate of drug-likeness (QED) is 0.853. The number of rotatable bonds is 4. The van der Waals surface area contributed by atoms with E-state index in [0.29, 0.717) is 26.1 Å². The maximum Gasteiger partial charge on any atom is 0.246 e. The number of halogens is 1. The standard InChI is InChI=1S/C15H19ClN2O5S/c1-22-12-5-14(13(23-2)4-11(12)16)24(20,21)18-7-9-3-15(19)17-6-10(9)8-18/h4-5,9-10H,3,6-8H2,1-2H3,(H,17,19)/t9-,10+/m1/s1. The molecule has 9 heteroatoms. The lowest BCUT2D eigenvalue weighted by molar-refractivity contribution is -0.124. The number of ether oxygens (including phenoxy) is 2. The molecule has 132 valence electrons. The van der Waals surface area contributed by atoms with E-state index in [0.717, 1.165) is 0 Å². The molecular formula is C15H19ClN2O5S. The normalized spacial score (nSPS) is 24.4. The van der Waals surface area contributed by atoms with Crippen LogP contribution in [0.5, 0.6) is 11.5 Å². The van der Waals surface area contributed by atoms with Crippen molar-refractivity contribution in [3.05, 3.63) is 17.2 Å². The van der Waals surface area contributed by atoms with Gasteiger partial charge < -0.3 is 14.8 Å². The van der Waals surface area contributed by atoms with Gasteiger partial charge in [-0.1, -0.05) is 11.6 Å². The number of nitrogens with zero attached hydrogens (tertiary/aromatic N) is 1. The Morgan fingerprint density at radius 3 is 2.50 bits per heavy atom. The number of carbonyl (C=O) groups is 1. The molecule has 3 rings (SSSR count). The van der Waals surface area contributed by atoms with Crippen LogP contribution in [0.4, 0.5) is 0 Å². The van der Waals surface area contributed by atoms with Gasteiger partial charge in [-0.3, -0.25) is 4.79 Å². The van der Waals surface area contributed by atoms with Crippen LogP contribution in [-0.4, -0.2) is 52.5 Å². The number of methoxy groups -OCH3 is 2. The topological polar surface area (TPSA) is 84.9 Å². The van der Waals surface area contributed by atoms with Gasteiger partial charge in [0, 0.05) is 38.2 Å². The van der Waals surface area contributed by atoms with Gasteiger partial charge in [-0.15, -0.1) is 0 Å². The summed E-state index contributed by atoms with van der Waals surface area (Å²) >= 11 is 6.05. The number of carbonyl (C=O) groups excluding carboxylic acids is 1. The van der Waals surface area contributed by atoms with Crippen molar-refractivity contribution >= 4 is 27.5 Å². The van der Waals surface area contributed by atoms with Gasteiger partial charge in [-0.2, -0.15) is 4.31 Å². The van der Waals surface area contributed by atoms with Crippen LogP contribution in [0, 0.1) is 11.8 Å². The third-order valence-corrected chi connectivity index (χ3v) is 6.76. The minimum absolute atomic E-state index is 0.0178. The summed E-state index contributed by atoms with van der Waals surface area (Å²) in [4.78, 5) is 11.5. The second kappa shape index (κ2) is 6.42. The van der Waals surface area contributed by atoms with E-state index in [1.807, 2.05) is 0 Å². The van der Waals surface area contributed by atoms with Crippen molar-refractivity contribution in [3.8, 4) is 11.5 Å². The molecule has 7 nitrogen and oxygen atoms in total. The number of fused-ring (bicyclic) bond motifs is 1. The fourth-order valence-electron chi connectivity index (χ4n) is 3.28. The zero-order chi connectivity index (χ0) is 17.5. The maximum atomic E-state index is 13.1. The summed E-state index contributed by atoms with van der Waals surface area (Å²) < 4.78 is 37.9. The van der Waals surface area contributed by atoms with Gasteiger partial charge in [0.2, 0.25) is 15.9 Å². The minimum atomic E-state index is -3.78. The van der Waals surface area contributed by atoms with Crippen molar-refractivity contribution in [3.63, 3.8) is 0 Å². The molecule has 24 heavy (non-hydrogen) atoms. The number of nitrogens with one attached hydrogen (secondary N) is 1. The van der Waals surface area contributed by atoms with E-state index < -0.39 is 10.0 Å². The summed E-state index contributed by atoms with van der Waals surface area (Å²) in [5.41, 5.74) is 0. The molecule has 2 aliphatic heterocycles. The molecule has 2 heterocycles. The maximum absolute atomic E-state index is 13.1. The van der Waals surface area contributed by atoms with Crippen LogP contribution in [0.25, 0.3) is 0 Å². The predicted octanol–water partition coefficient (Wildman–Crippen LogP) is 1.11. The highest BCUT2D eigenvalue weighted by Crippen LogP contribution is 2.39. The van der Waals surface area contributed by atoms with E-state index in [4.69, 9.17) is 21.1 Å². The lowest BCUT2D eigenvalue weighted by Crippen LogP contribution is -2.40. The molecule has 1 aromatic rings. The Balaban J connectivity index is 1.95. The molecular weight excluding hydrogens is 356 g/mol. The zero-order valence-electron chi connectivity index (χ0n) is 13.4. The van der Waals surface area contributed by atoms with Gasteiger partial charge in [0.1, 0.15) is 16.4 Å². The van der Waals surface area contributed by atoms with Crippen molar-refractivity contribution in [2.45, 2.75) is 11.3 Å². The fourth-order valence-corrected chi connectivity index (χ4v) is 5.22. The van der Waals surface area contributed by atoms with Crippen LogP contribution < -0.4 is 14.8 Å². The van der Waals surface area contributed by atoms with Gasteiger partial charge in [0.15, 0.2) is 0 Å². The molecule has 0 radical (unpaired) electrons. The first kappa shape index (κ1) is 17.3. The van der Waals surface area contributed by atoms with Crippen molar-refractivity contribution in [2.24, 2.45) is 11.8 Å². The molecule has 2 atom stereocenters. The Bertz CT molecular complexity index is 767. The second-order valence-corrected chi connectivity index (χ2v) is 8.30. The van der Waals surface area contributed by atoms with Crippen LogP contribution in [0.2, 0.25) is 5.02 Å². The van der Waals surface area contributed by atoms with Crippen LogP contribution in [0.3, 0.4) is 0 Å². The Morgan fingerprint density at radius 1 is 1.17 bits per heavy atom. The third kappa shape index (κ3) is 2.94. The molecule has 2 aliphatic rings. The molecule has 1 amide bonds. The Morgan fingerprint density at radius 2 is 1.83 bits per heavy atom. The first-order valence-electron chi connectivity index (χ1n) is 7.55. The predicted molar refractivity (Wildman–Crippen MR) is 87.9 cm³/mol. The molecule has 0 aromatic heterocycles. The number of hydrogen-bond acceptors (Lipinski definition) is 5. The number of piperidine rings is 1. The average Bonchev–Trinajstić information content (AvgIpc) is 2.98. The van der Waals surface area contributed by atoms with Crippen LogP contribution in [0.15, 0.2) is 17.0 Å². The Kier molecular flexibility index (Phi) is 4.63. The summed E-state index contributed by atoms with van der Waals surface area (Å²) in [7, 11) is -0.961. The van der Waals surface area contributed by atoms with Crippen molar-refractivity contribution in [1.29, 1.82) is 0 Å². The van der Waals surface area contributed by atoms with Gasteiger partial charge in [-0.25, -0.2) is 8.42 Å². The fraction of sp³-hybridized carbons (Fsp3) is 0.533. The molecule has 2 fully saturated rings. The first-order chi connectivity index (χ1) is 11.4. The van der Waals surface area contributed by atoms with E-state index >= 15 is 0 Å². The largest absolute Gasteiger partial charge is 0.495 e. The monoisotopic (exact) mass is 374 g/mol. The first-order valence-corrected chi connectivity index (χ1v) is 9.37. The molecule has 0 saturated carbocycles. The van der Waals surface area contributed by atoms with E-state index in [-0.39, 0.29) is 39.2 Å². The highest BCUT2D eigenvalue weighted by molar-refractivity contribution is 7.89. The van der Waals surface area contributed by atoms with Crippen LogP contribution >= 0.6 is 11.6 Å². The van der Waals surface area contributed by atoms with E-state index in [1.54, 1.807) is 0 Å². The van der Waals surface area contributed by atoms with Crippen LogP contribution in [-0.2, 0) is 14.8 Å². The van der Waals surface area contributed by atoms with Gasteiger partial charge in [0.05, 0.1) is 19.2 Å². The van der Waals surface area contributed by atoms with Crippen LogP contribution in [0.1, 0.15) is 6.42 Å². The lowest BCUT2D eigenvalue weighted by atomic mass is 9.89. The van der Waals surface area contributed by atoms with E-state index in [1.165, 1.54) is 30.7 Å². The summed E-state index contributed by atoms with van der Waals surface area (Å²) in [6.45, 7) is 1.21. The lowest BCUT2D eigenvalue weighted by Gasteiger charge is -2.23. The summed E-state index contributed by atoms with van der Waals surface area (Å²) in [5.74, 6) is 0.599. The summed E-state index contributed by atoms with van der Waals surface area (Å²) in [5, 5.41) is 3.07. The van der Waals surface area contributed by atoms with Gasteiger partial charge in [0.25, 0.3) is 0 Å². The number of hydrogen-bond donors (Lipinski definition) is 1. The average molecular weight is 375 g/mol. The highest BCUT2D eigenvalue weighted by Gasteiger charge is 2.43. The van der Waals surface area contributed by atoms with E-state index in [9.17, 15) is 13.2 Å².